The predicted octanol–water partition coefficient (Wildman–Crippen LogP) is 0.926. The van der Waals surface area contributed by atoms with Crippen LogP contribution in [0.25, 0.3) is 0 Å². The molecule has 1 aromatic carbocycles. The molecule has 0 fully saturated rings. The molecule has 0 aliphatic carbocycles. The zero-order valence-corrected chi connectivity index (χ0v) is 11.0. The standard InChI is InChI=1S/C14H20N2O3/c1-10(7-8-11-5-3-2-4-6-11)16-14(19)12(15)9-13(17)18/h2-6,10,12H,7-9,15H2,1H3,(H,16,19)(H,17,18)/t10-,12-/m1/s1. The van der Waals surface area contributed by atoms with Crippen molar-refractivity contribution in [2.75, 3.05) is 0 Å². The van der Waals surface area contributed by atoms with Crippen molar-refractivity contribution in [2.45, 2.75) is 38.3 Å². The summed E-state index contributed by atoms with van der Waals surface area (Å²) in [6.45, 7) is 1.88. The molecular weight excluding hydrogens is 244 g/mol. The Morgan fingerprint density at radius 3 is 2.53 bits per heavy atom. The van der Waals surface area contributed by atoms with E-state index in [1.807, 2.05) is 37.3 Å². The number of hydrogen-bond acceptors (Lipinski definition) is 3. The number of benzene rings is 1. The van der Waals surface area contributed by atoms with Gasteiger partial charge in [-0.2, -0.15) is 0 Å². The predicted molar refractivity (Wildman–Crippen MR) is 72.6 cm³/mol. The monoisotopic (exact) mass is 264 g/mol. The van der Waals surface area contributed by atoms with Crippen molar-refractivity contribution in [2.24, 2.45) is 5.73 Å². The number of nitrogens with one attached hydrogen (secondary N) is 1. The van der Waals surface area contributed by atoms with E-state index in [9.17, 15) is 9.59 Å². The van der Waals surface area contributed by atoms with Gasteiger partial charge in [0.2, 0.25) is 5.91 Å². The molecule has 0 bridgehead atoms. The van der Waals surface area contributed by atoms with Crippen molar-refractivity contribution in [1.82, 2.24) is 5.32 Å². The number of nitrogens with two attached hydrogens (primary N) is 1. The van der Waals surface area contributed by atoms with Gasteiger partial charge in [0.15, 0.2) is 0 Å². The Labute approximate surface area is 112 Å². The van der Waals surface area contributed by atoms with Gasteiger partial charge in [0.1, 0.15) is 0 Å². The van der Waals surface area contributed by atoms with E-state index >= 15 is 0 Å². The molecule has 0 aliphatic heterocycles. The van der Waals surface area contributed by atoms with Gasteiger partial charge in [0, 0.05) is 6.04 Å². The minimum Gasteiger partial charge on any atom is -0.481 e. The van der Waals surface area contributed by atoms with Crippen LogP contribution < -0.4 is 11.1 Å². The van der Waals surface area contributed by atoms with Gasteiger partial charge >= 0.3 is 5.97 Å². The summed E-state index contributed by atoms with van der Waals surface area (Å²) in [5, 5.41) is 11.3. The largest absolute Gasteiger partial charge is 0.481 e. The fourth-order valence-electron chi connectivity index (χ4n) is 1.73. The summed E-state index contributed by atoms with van der Waals surface area (Å²) in [6, 6.07) is 8.95. The lowest BCUT2D eigenvalue weighted by Gasteiger charge is -2.16. The zero-order chi connectivity index (χ0) is 14.3. The maximum Gasteiger partial charge on any atom is 0.305 e. The number of carbonyl (C=O) groups is 2. The third-order valence-electron chi connectivity index (χ3n) is 2.83. The average Bonchev–Trinajstić information content (AvgIpc) is 2.36. The highest BCUT2D eigenvalue weighted by molar-refractivity contribution is 5.86. The normalized spacial score (nSPS) is 13.6. The van der Waals surface area contributed by atoms with Crippen molar-refractivity contribution in [3.05, 3.63) is 35.9 Å². The maximum atomic E-state index is 11.6. The Hall–Kier alpha value is -1.88. The highest BCUT2D eigenvalue weighted by Crippen LogP contribution is 2.05. The van der Waals surface area contributed by atoms with E-state index in [0.29, 0.717) is 0 Å². The number of aliphatic carboxylic acids is 1. The SMILES string of the molecule is C[C@H](CCc1ccccc1)NC(=O)[C@H](N)CC(=O)O. The lowest BCUT2D eigenvalue weighted by atomic mass is 10.1. The highest BCUT2D eigenvalue weighted by Gasteiger charge is 2.18. The molecule has 5 heteroatoms. The first-order chi connectivity index (χ1) is 8.99. The Morgan fingerprint density at radius 2 is 1.95 bits per heavy atom. The number of aryl methyl sites for hydroxylation is 1. The van der Waals surface area contributed by atoms with Crippen LogP contribution in [0.5, 0.6) is 0 Å². The fourth-order valence-corrected chi connectivity index (χ4v) is 1.73. The molecule has 1 amide bonds. The van der Waals surface area contributed by atoms with Crippen molar-refractivity contribution in [1.29, 1.82) is 0 Å². The molecule has 0 aromatic heterocycles. The van der Waals surface area contributed by atoms with Gasteiger partial charge in [0.25, 0.3) is 0 Å². The third kappa shape index (κ3) is 6.01. The molecule has 0 saturated carbocycles. The molecule has 0 radical (unpaired) electrons. The van der Waals surface area contributed by atoms with Gasteiger partial charge in [-0.25, -0.2) is 0 Å². The van der Waals surface area contributed by atoms with Crippen LogP contribution in [0.15, 0.2) is 30.3 Å². The van der Waals surface area contributed by atoms with Gasteiger partial charge in [-0.15, -0.1) is 0 Å². The molecule has 0 heterocycles. The average molecular weight is 264 g/mol. The van der Waals surface area contributed by atoms with Gasteiger partial charge < -0.3 is 16.2 Å². The van der Waals surface area contributed by atoms with Crippen LogP contribution in [0, 0.1) is 0 Å². The van der Waals surface area contributed by atoms with Crippen molar-refractivity contribution < 1.29 is 14.7 Å². The van der Waals surface area contributed by atoms with E-state index in [0.717, 1.165) is 12.8 Å². The van der Waals surface area contributed by atoms with E-state index < -0.39 is 17.9 Å². The minimum absolute atomic E-state index is 0.0347. The number of hydrogen-bond donors (Lipinski definition) is 3. The van der Waals surface area contributed by atoms with Gasteiger partial charge in [-0.1, -0.05) is 30.3 Å². The third-order valence-corrected chi connectivity index (χ3v) is 2.83. The first-order valence-electron chi connectivity index (χ1n) is 6.30. The molecule has 0 unspecified atom stereocenters. The number of amides is 1. The zero-order valence-electron chi connectivity index (χ0n) is 11.0. The van der Waals surface area contributed by atoms with Crippen LogP contribution in [0.1, 0.15) is 25.3 Å². The summed E-state index contributed by atoms with van der Waals surface area (Å²) in [5.74, 6) is -1.48. The molecule has 0 aliphatic rings. The molecular formula is C14H20N2O3. The molecule has 104 valence electrons. The summed E-state index contributed by atoms with van der Waals surface area (Å²) in [5.41, 5.74) is 6.69. The number of carboxylic acids is 1. The Balaban J connectivity index is 2.32. The van der Waals surface area contributed by atoms with E-state index in [-0.39, 0.29) is 12.5 Å². The fraction of sp³-hybridized carbons (Fsp3) is 0.429. The van der Waals surface area contributed by atoms with E-state index in [1.54, 1.807) is 0 Å². The first-order valence-corrected chi connectivity index (χ1v) is 6.30. The molecule has 0 spiro atoms. The van der Waals surface area contributed by atoms with Crippen molar-refractivity contribution in [3.8, 4) is 0 Å². The summed E-state index contributed by atoms with van der Waals surface area (Å²) in [7, 11) is 0. The van der Waals surface area contributed by atoms with Crippen LogP contribution >= 0.6 is 0 Å². The summed E-state index contributed by atoms with van der Waals surface area (Å²) < 4.78 is 0. The van der Waals surface area contributed by atoms with Crippen LogP contribution in [0.2, 0.25) is 0 Å². The summed E-state index contributed by atoms with van der Waals surface area (Å²) in [6.07, 6.45) is 1.29. The maximum absolute atomic E-state index is 11.6. The molecule has 4 N–H and O–H groups in total. The van der Waals surface area contributed by atoms with E-state index in [1.165, 1.54) is 5.56 Å². The van der Waals surface area contributed by atoms with Gasteiger partial charge in [0.05, 0.1) is 12.5 Å². The molecule has 2 atom stereocenters. The molecule has 0 saturated heterocycles. The topological polar surface area (TPSA) is 92.4 Å². The quantitative estimate of drug-likeness (QED) is 0.683. The van der Waals surface area contributed by atoms with E-state index in [2.05, 4.69) is 5.32 Å². The van der Waals surface area contributed by atoms with Crippen molar-refractivity contribution >= 4 is 11.9 Å². The van der Waals surface area contributed by atoms with Crippen LogP contribution in [0.3, 0.4) is 0 Å². The van der Waals surface area contributed by atoms with Gasteiger partial charge in [-0.05, 0) is 25.3 Å². The number of carbonyl (C=O) groups excluding carboxylic acids is 1. The Bertz CT molecular complexity index is 420. The summed E-state index contributed by atoms with van der Waals surface area (Å²) in [4.78, 5) is 22.1. The van der Waals surface area contributed by atoms with Crippen LogP contribution in [-0.2, 0) is 16.0 Å². The van der Waals surface area contributed by atoms with Crippen molar-refractivity contribution in [3.63, 3.8) is 0 Å². The molecule has 1 aromatic rings. The van der Waals surface area contributed by atoms with Crippen LogP contribution in [-0.4, -0.2) is 29.1 Å². The van der Waals surface area contributed by atoms with Gasteiger partial charge in [-0.3, -0.25) is 9.59 Å². The second-order valence-corrected chi connectivity index (χ2v) is 4.64. The second-order valence-electron chi connectivity index (χ2n) is 4.64. The summed E-state index contributed by atoms with van der Waals surface area (Å²) >= 11 is 0. The second kappa shape index (κ2) is 7.53. The highest BCUT2D eigenvalue weighted by atomic mass is 16.4. The molecule has 5 nitrogen and oxygen atoms in total. The number of rotatable bonds is 7. The van der Waals surface area contributed by atoms with Crippen LogP contribution in [0.4, 0.5) is 0 Å². The lowest BCUT2D eigenvalue weighted by molar-refractivity contribution is -0.139. The molecule has 1 rings (SSSR count). The number of carboxylic acid groups (broad SMARTS) is 1. The molecule has 19 heavy (non-hydrogen) atoms. The van der Waals surface area contributed by atoms with E-state index in [4.69, 9.17) is 10.8 Å². The first kappa shape index (κ1) is 15.2. The Kier molecular flexibility index (Phi) is 6.02. The lowest BCUT2D eigenvalue weighted by Crippen LogP contribution is -2.45. The Morgan fingerprint density at radius 1 is 1.32 bits per heavy atom. The smallest absolute Gasteiger partial charge is 0.305 e. The minimum atomic E-state index is -1.07.